The number of rotatable bonds is 6. The van der Waals surface area contributed by atoms with Crippen LogP contribution in [0.15, 0.2) is 23.1 Å². The summed E-state index contributed by atoms with van der Waals surface area (Å²) in [6.07, 6.45) is 1.26. The molecular weight excluding hydrogens is 359 g/mol. The molecule has 3 atom stereocenters. The topological polar surface area (TPSA) is 98.5 Å². The van der Waals surface area contributed by atoms with Gasteiger partial charge in [-0.05, 0) is 31.5 Å². The summed E-state index contributed by atoms with van der Waals surface area (Å²) in [5, 5.41) is 2.81. The van der Waals surface area contributed by atoms with Crippen LogP contribution in [0.25, 0.3) is 0 Å². The zero-order valence-electron chi connectivity index (χ0n) is 15.8. The van der Waals surface area contributed by atoms with E-state index in [4.69, 9.17) is 10.5 Å². The Bertz CT molecular complexity index is 809. The fourth-order valence-corrected chi connectivity index (χ4v) is 4.04. The predicted octanol–water partition coefficient (Wildman–Crippen LogP) is 1.94. The number of halogens is 1. The summed E-state index contributed by atoms with van der Waals surface area (Å²) >= 11 is 0. The molecule has 1 aliphatic carbocycles. The number of sulfone groups is 1. The Balaban J connectivity index is 2.14. The summed E-state index contributed by atoms with van der Waals surface area (Å²) < 4.78 is 42.7. The second-order valence-electron chi connectivity index (χ2n) is 7.50. The summed E-state index contributed by atoms with van der Waals surface area (Å²) in [7, 11) is -3.64. The van der Waals surface area contributed by atoms with E-state index in [-0.39, 0.29) is 16.9 Å². The number of ether oxygens (including phenoxy) is 1. The summed E-state index contributed by atoms with van der Waals surface area (Å²) in [4.78, 5) is 12.4. The monoisotopic (exact) mass is 386 g/mol. The van der Waals surface area contributed by atoms with Crippen molar-refractivity contribution in [2.45, 2.75) is 56.7 Å². The first-order valence-corrected chi connectivity index (χ1v) is 10.4. The van der Waals surface area contributed by atoms with Gasteiger partial charge in [-0.15, -0.1) is 0 Å². The van der Waals surface area contributed by atoms with Gasteiger partial charge in [-0.25, -0.2) is 12.8 Å². The van der Waals surface area contributed by atoms with Crippen LogP contribution in [0, 0.1) is 11.2 Å². The molecule has 146 valence electrons. The third-order valence-corrected chi connectivity index (χ3v) is 6.57. The highest BCUT2D eigenvalue weighted by Crippen LogP contribution is 2.50. The molecule has 3 N–H and O–H groups in total. The van der Waals surface area contributed by atoms with Crippen molar-refractivity contribution in [1.29, 1.82) is 0 Å². The Kier molecular flexibility index (Phi) is 5.52. The Morgan fingerprint density at radius 2 is 2.08 bits per heavy atom. The zero-order chi connectivity index (χ0) is 19.9. The van der Waals surface area contributed by atoms with Crippen molar-refractivity contribution in [3.8, 4) is 0 Å². The van der Waals surface area contributed by atoms with Gasteiger partial charge >= 0.3 is 0 Å². The van der Waals surface area contributed by atoms with Crippen molar-refractivity contribution in [3.63, 3.8) is 0 Å². The number of benzene rings is 1. The van der Waals surface area contributed by atoms with E-state index in [2.05, 4.69) is 5.32 Å². The number of nitrogens with two attached hydrogens (primary N) is 1. The minimum atomic E-state index is -3.64. The fourth-order valence-electron chi connectivity index (χ4n) is 3.32. The lowest BCUT2D eigenvalue weighted by atomic mass is 9.54. The maximum atomic E-state index is 14.1. The molecule has 0 bridgehead atoms. The molecule has 8 heteroatoms. The molecule has 1 aromatic carbocycles. The quantitative estimate of drug-likeness (QED) is 0.778. The normalized spacial score (nSPS) is 26.0. The van der Waals surface area contributed by atoms with Gasteiger partial charge in [0.15, 0.2) is 9.84 Å². The largest absolute Gasteiger partial charge is 0.378 e. The lowest BCUT2D eigenvalue weighted by Crippen LogP contribution is -2.75. The summed E-state index contributed by atoms with van der Waals surface area (Å²) in [6, 6.07) is 3.30. The standard InChI is InChI=1S/C18H27FN2O4S/c1-6-25-15-10-18(20,17(15,3)4)16(22)21-11(2)12-7-8-14(13(19)9-12)26(5,23)24/h7-9,11,15H,6,10,20H2,1-5H3,(H,21,22). The van der Waals surface area contributed by atoms with Gasteiger partial charge in [0.25, 0.3) is 0 Å². The van der Waals surface area contributed by atoms with Crippen LogP contribution >= 0.6 is 0 Å². The Morgan fingerprint density at radius 1 is 1.46 bits per heavy atom. The second-order valence-corrected chi connectivity index (χ2v) is 9.48. The lowest BCUT2D eigenvalue weighted by Gasteiger charge is -2.57. The van der Waals surface area contributed by atoms with Gasteiger partial charge < -0.3 is 15.8 Å². The van der Waals surface area contributed by atoms with Gasteiger partial charge in [0.2, 0.25) is 5.91 Å². The van der Waals surface area contributed by atoms with Gasteiger partial charge in [0.05, 0.1) is 12.1 Å². The average molecular weight is 386 g/mol. The Hall–Kier alpha value is -1.51. The Labute approximate surface area is 154 Å². The van der Waals surface area contributed by atoms with E-state index in [0.717, 1.165) is 12.3 Å². The maximum Gasteiger partial charge on any atom is 0.241 e. The van der Waals surface area contributed by atoms with Crippen LogP contribution < -0.4 is 11.1 Å². The molecule has 0 heterocycles. The molecule has 0 spiro atoms. The third-order valence-electron chi connectivity index (χ3n) is 5.44. The number of nitrogens with one attached hydrogen (secondary N) is 1. The Morgan fingerprint density at radius 3 is 2.54 bits per heavy atom. The van der Waals surface area contributed by atoms with Crippen LogP contribution in [0.3, 0.4) is 0 Å². The molecule has 1 aromatic rings. The summed E-state index contributed by atoms with van der Waals surface area (Å²) in [5.41, 5.74) is 5.19. The van der Waals surface area contributed by atoms with Crippen LogP contribution in [-0.2, 0) is 19.4 Å². The van der Waals surface area contributed by atoms with Gasteiger partial charge in [-0.1, -0.05) is 19.9 Å². The van der Waals surface area contributed by atoms with Gasteiger partial charge in [-0.3, -0.25) is 4.79 Å². The molecule has 0 aromatic heterocycles. The van der Waals surface area contributed by atoms with Crippen molar-refractivity contribution in [1.82, 2.24) is 5.32 Å². The van der Waals surface area contributed by atoms with E-state index >= 15 is 0 Å². The number of hydrogen-bond acceptors (Lipinski definition) is 5. The highest BCUT2D eigenvalue weighted by Gasteiger charge is 2.62. The van der Waals surface area contributed by atoms with E-state index in [1.165, 1.54) is 12.1 Å². The van der Waals surface area contributed by atoms with Gasteiger partial charge in [-0.2, -0.15) is 0 Å². The molecule has 0 aliphatic heterocycles. The fraction of sp³-hybridized carbons (Fsp3) is 0.611. The minimum absolute atomic E-state index is 0.0926. The summed E-state index contributed by atoms with van der Waals surface area (Å²) in [6.45, 7) is 7.92. The van der Waals surface area contributed by atoms with E-state index in [1.807, 2.05) is 20.8 Å². The molecule has 1 fully saturated rings. The average Bonchev–Trinajstić information content (AvgIpc) is 2.52. The first-order valence-electron chi connectivity index (χ1n) is 8.55. The van der Waals surface area contributed by atoms with Crippen molar-refractivity contribution in [3.05, 3.63) is 29.6 Å². The second kappa shape index (κ2) is 6.90. The van der Waals surface area contributed by atoms with Crippen LogP contribution in [-0.4, -0.2) is 38.8 Å². The van der Waals surface area contributed by atoms with Gasteiger partial charge in [0.1, 0.15) is 16.3 Å². The highest BCUT2D eigenvalue weighted by molar-refractivity contribution is 7.90. The first-order chi connectivity index (χ1) is 11.8. The number of carbonyl (C=O) groups excluding carboxylic acids is 1. The van der Waals surface area contributed by atoms with Crippen LogP contribution in [0.4, 0.5) is 4.39 Å². The molecule has 1 amide bonds. The maximum absolute atomic E-state index is 14.1. The first kappa shape index (κ1) is 20.8. The molecule has 0 radical (unpaired) electrons. The van der Waals surface area contributed by atoms with Crippen molar-refractivity contribution >= 4 is 15.7 Å². The number of hydrogen-bond donors (Lipinski definition) is 2. The van der Waals surface area contributed by atoms with Crippen molar-refractivity contribution in [2.75, 3.05) is 12.9 Å². The van der Waals surface area contributed by atoms with Gasteiger partial charge in [0, 0.05) is 24.7 Å². The third kappa shape index (κ3) is 3.50. The van der Waals surface area contributed by atoms with E-state index in [0.29, 0.717) is 18.6 Å². The zero-order valence-corrected chi connectivity index (χ0v) is 16.6. The molecule has 2 rings (SSSR count). The number of carbonyl (C=O) groups is 1. The van der Waals surface area contributed by atoms with E-state index in [9.17, 15) is 17.6 Å². The van der Waals surface area contributed by atoms with E-state index < -0.39 is 32.7 Å². The van der Waals surface area contributed by atoms with Crippen LogP contribution in [0.1, 0.15) is 45.7 Å². The van der Waals surface area contributed by atoms with E-state index in [1.54, 1.807) is 6.92 Å². The van der Waals surface area contributed by atoms with Crippen molar-refractivity contribution < 1.29 is 22.3 Å². The molecule has 6 nitrogen and oxygen atoms in total. The predicted molar refractivity (Wildman–Crippen MR) is 96.8 cm³/mol. The minimum Gasteiger partial charge on any atom is -0.378 e. The lowest BCUT2D eigenvalue weighted by molar-refractivity contribution is -0.171. The smallest absolute Gasteiger partial charge is 0.241 e. The van der Waals surface area contributed by atoms with Crippen LogP contribution in [0.2, 0.25) is 0 Å². The molecular formula is C18H27FN2O4S. The molecule has 1 saturated carbocycles. The highest BCUT2D eigenvalue weighted by atomic mass is 32.2. The molecule has 3 unspecified atom stereocenters. The SMILES string of the molecule is CCOC1CC(N)(C(=O)NC(C)c2ccc(S(C)(=O)=O)c(F)c2)C1(C)C. The molecule has 26 heavy (non-hydrogen) atoms. The molecule has 1 aliphatic rings. The summed E-state index contributed by atoms with van der Waals surface area (Å²) in [5.74, 6) is -1.17. The van der Waals surface area contributed by atoms with Crippen LogP contribution in [0.5, 0.6) is 0 Å². The number of amides is 1. The van der Waals surface area contributed by atoms with Crippen molar-refractivity contribution in [2.24, 2.45) is 11.1 Å². The molecule has 0 saturated heterocycles.